The van der Waals surface area contributed by atoms with Crippen LogP contribution < -0.4 is 14.8 Å². The number of rotatable bonds is 7. The zero-order valence-electron chi connectivity index (χ0n) is 17.1. The van der Waals surface area contributed by atoms with E-state index in [1.807, 2.05) is 0 Å². The molecule has 0 spiro atoms. The molecule has 1 fully saturated rings. The standard InChI is InChI=1S/C21H27N3O5/c1-14-20(29-13-22-14)21(26)24-8-4-5-15(12-24)6-7-19(25)23-16-9-17(27-2)11-18(10-16)28-3/h9-11,13,15H,4-8,12H2,1-3H3,(H,23,25)/t15-/m1/s1. The number of aromatic nitrogens is 1. The SMILES string of the molecule is COc1cc(NC(=O)CC[C@H]2CCCN(C(=O)c3ocnc3C)C2)cc(OC)c1. The van der Waals surface area contributed by atoms with Gasteiger partial charge in [-0.2, -0.15) is 0 Å². The zero-order chi connectivity index (χ0) is 20.8. The van der Waals surface area contributed by atoms with Crippen LogP contribution in [0.1, 0.15) is 41.9 Å². The first-order valence-electron chi connectivity index (χ1n) is 9.72. The number of likely N-dealkylation sites (tertiary alicyclic amines) is 1. The molecule has 1 aliphatic heterocycles. The molecule has 8 nitrogen and oxygen atoms in total. The van der Waals surface area contributed by atoms with Crippen LogP contribution in [0.5, 0.6) is 11.5 Å². The maximum absolute atomic E-state index is 12.6. The first-order chi connectivity index (χ1) is 14.0. The van der Waals surface area contributed by atoms with Crippen LogP contribution >= 0.6 is 0 Å². The Morgan fingerprint density at radius 2 is 1.97 bits per heavy atom. The molecule has 0 radical (unpaired) electrons. The summed E-state index contributed by atoms with van der Waals surface area (Å²) in [6.07, 6.45) is 4.30. The predicted molar refractivity (Wildman–Crippen MR) is 107 cm³/mol. The smallest absolute Gasteiger partial charge is 0.291 e. The van der Waals surface area contributed by atoms with E-state index in [1.54, 1.807) is 44.2 Å². The van der Waals surface area contributed by atoms with Crippen molar-refractivity contribution in [1.29, 1.82) is 0 Å². The van der Waals surface area contributed by atoms with E-state index >= 15 is 0 Å². The number of hydrogen-bond donors (Lipinski definition) is 1. The highest BCUT2D eigenvalue weighted by atomic mass is 16.5. The van der Waals surface area contributed by atoms with Crippen molar-refractivity contribution in [3.8, 4) is 11.5 Å². The van der Waals surface area contributed by atoms with Gasteiger partial charge >= 0.3 is 0 Å². The van der Waals surface area contributed by atoms with Gasteiger partial charge in [-0.15, -0.1) is 0 Å². The van der Waals surface area contributed by atoms with Crippen LogP contribution in [0.15, 0.2) is 29.0 Å². The lowest BCUT2D eigenvalue weighted by atomic mass is 9.93. The molecule has 1 aliphatic rings. The molecule has 1 N–H and O–H groups in total. The van der Waals surface area contributed by atoms with E-state index in [0.717, 1.165) is 12.8 Å². The van der Waals surface area contributed by atoms with Crippen molar-refractivity contribution < 1.29 is 23.5 Å². The molecule has 1 saturated heterocycles. The van der Waals surface area contributed by atoms with E-state index in [2.05, 4.69) is 10.3 Å². The number of nitrogens with one attached hydrogen (secondary N) is 1. The van der Waals surface area contributed by atoms with E-state index in [0.29, 0.717) is 54.6 Å². The van der Waals surface area contributed by atoms with Crippen molar-refractivity contribution >= 4 is 17.5 Å². The number of amides is 2. The number of carbonyl (C=O) groups excluding carboxylic acids is 2. The molecule has 156 valence electrons. The van der Waals surface area contributed by atoms with Crippen LogP contribution in [-0.4, -0.2) is 49.0 Å². The van der Waals surface area contributed by atoms with Crippen LogP contribution in [0.25, 0.3) is 0 Å². The van der Waals surface area contributed by atoms with Gasteiger partial charge in [0, 0.05) is 43.4 Å². The van der Waals surface area contributed by atoms with E-state index in [1.165, 1.54) is 6.39 Å². The summed E-state index contributed by atoms with van der Waals surface area (Å²) in [5, 5.41) is 2.89. The number of ether oxygens (including phenoxy) is 2. The Hall–Kier alpha value is -3.03. The minimum atomic E-state index is -0.127. The molecule has 0 saturated carbocycles. The third kappa shape index (κ3) is 5.28. The van der Waals surface area contributed by atoms with Crippen molar-refractivity contribution in [2.45, 2.75) is 32.6 Å². The topological polar surface area (TPSA) is 93.9 Å². The average Bonchev–Trinajstić information content (AvgIpc) is 3.17. The summed E-state index contributed by atoms with van der Waals surface area (Å²) in [7, 11) is 3.13. The molecule has 1 aromatic heterocycles. The Bertz CT molecular complexity index is 842. The van der Waals surface area contributed by atoms with E-state index in [-0.39, 0.29) is 17.7 Å². The van der Waals surface area contributed by atoms with Crippen LogP contribution in [0.4, 0.5) is 5.69 Å². The third-order valence-electron chi connectivity index (χ3n) is 5.16. The number of hydrogen-bond acceptors (Lipinski definition) is 6. The molecule has 8 heteroatoms. The minimum absolute atomic E-state index is 0.0742. The van der Waals surface area contributed by atoms with Gasteiger partial charge in [-0.25, -0.2) is 4.98 Å². The third-order valence-corrected chi connectivity index (χ3v) is 5.16. The van der Waals surface area contributed by atoms with Crippen molar-refractivity contribution in [3.05, 3.63) is 36.0 Å². The summed E-state index contributed by atoms with van der Waals surface area (Å²) in [6, 6.07) is 5.25. The van der Waals surface area contributed by atoms with E-state index < -0.39 is 0 Å². The first-order valence-corrected chi connectivity index (χ1v) is 9.72. The fraction of sp³-hybridized carbons (Fsp3) is 0.476. The van der Waals surface area contributed by atoms with Gasteiger partial charge in [0.05, 0.1) is 19.9 Å². The van der Waals surface area contributed by atoms with Crippen LogP contribution in [-0.2, 0) is 4.79 Å². The van der Waals surface area contributed by atoms with E-state index in [4.69, 9.17) is 13.9 Å². The van der Waals surface area contributed by atoms with Crippen LogP contribution in [0.3, 0.4) is 0 Å². The van der Waals surface area contributed by atoms with Crippen molar-refractivity contribution in [3.63, 3.8) is 0 Å². The molecule has 0 bridgehead atoms. The molecule has 2 amide bonds. The van der Waals surface area contributed by atoms with Crippen molar-refractivity contribution in [2.75, 3.05) is 32.6 Å². The number of piperidine rings is 1. The largest absolute Gasteiger partial charge is 0.497 e. The lowest BCUT2D eigenvalue weighted by molar-refractivity contribution is -0.116. The molecule has 0 unspecified atom stereocenters. The van der Waals surface area contributed by atoms with Crippen molar-refractivity contribution in [1.82, 2.24) is 9.88 Å². The average molecular weight is 401 g/mol. The van der Waals surface area contributed by atoms with Gasteiger partial charge in [0.2, 0.25) is 11.7 Å². The van der Waals surface area contributed by atoms with Gasteiger partial charge in [0.25, 0.3) is 5.91 Å². The maximum atomic E-state index is 12.6. The van der Waals surface area contributed by atoms with Gasteiger partial charge < -0.3 is 24.1 Å². The second-order valence-corrected chi connectivity index (χ2v) is 7.21. The number of aryl methyl sites for hydroxylation is 1. The summed E-state index contributed by atoms with van der Waals surface area (Å²) in [6.45, 7) is 3.08. The Morgan fingerprint density at radius 3 is 2.59 bits per heavy atom. The fourth-order valence-electron chi connectivity index (χ4n) is 3.57. The van der Waals surface area contributed by atoms with Crippen molar-refractivity contribution in [2.24, 2.45) is 5.92 Å². The molecule has 3 rings (SSSR count). The number of anilines is 1. The molecule has 2 heterocycles. The molecule has 2 aromatic rings. The maximum Gasteiger partial charge on any atom is 0.291 e. The van der Waals surface area contributed by atoms with Gasteiger partial charge in [0.1, 0.15) is 11.5 Å². The minimum Gasteiger partial charge on any atom is -0.497 e. The quantitative estimate of drug-likeness (QED) is 0.765. The number of benzene rings is 1. The van der Waals surface area contributed by atoms with Gasteiger partial charge in [-0.1, -0.05) is 0 Å². The summed E-state index contributed by atoms with van der Waals surface area (Å²) >= 11 is 0. The van der Waals surface area contributed by atoms with Crippen LogP contribution in [0, 0.1) is 12.8 Å². The first kappa shape index (κ1) is 20.7. The summed E-state index contributed by atoms with van der Waals surface area (Å²) in [4.78, 5) is 30.8. The van der Waals surface area contributed by atoms with Gasteiger partial charge in [-0.3, -0.25) is 9.59 Å². The number of nitrogens with zero attached hydrogens (tertiary/aromatic N) is 2. The molecule has 29 heavy (non-hydrogen) atoms. The van der Waals surface area contributed by atoms with Gasteiger partial charge in [-0.05, 0) is 32.1 Å². The lowest BCUT2D eigenvalue weighted by Gasteiger charge is -2.32. The Labute approximate surface area is 170 Å². The van der Waals surface area contributed by atoms with E-state index in [9.17, 15) is 9.59 Å². The Balaban J connectivity index is 1.52. The molecule has 0 aliphatic carbocycles. The molecule has 1 aromatic carbocycles. The summed E-state index contributed by atoms with van der Waals surface area (Å²) < 4.78 is 15.7. The zero-order valence-corrected chi connectivity index (χ0v) is 17.1. The summed E-state index contributed by atoms with van der Waals surface area (Å²) in [5.74, 6) is 1.61. The second-order valence-electron chi connectivity index (χ2n) is 7.21. The lowest BCUT2D eigenvalue weighted by Crippen LogP contribution is -2.40. The molecular formula is C21H27N3O5. The number of oxazole rings is 1. The highest BCUT2D eigenvalue weighted by Gasteiger charge is 2.27. The second kappa shape index (κ2) is 9.45. The predicted octanol–water partition coefficient (Wildman–Crippen LogP) is 3.27. The highest BCUT2D eigenvalue weighted by Crippen LogP contribution is 2.27. The molecule has 1 atom stereocenters. The molecular weight excluding hydrogens is 374 g/mol. The summed E-state index contributed by atoms with van der Waals surface area (Å²) in [5.41, 5.74) is 1.23. The Kier molecular flexibility index (Phi) is 6.74. The number of methoxy groups -OCH3 is 2. The Morgan fingerprint density at radius 1 is 1.24 bits per heavy atom. The fourth-order valence-corrected chi connectivity index (χ4v) is 3.57. The number of carbonyl (C=O) groups is 2. The normalized spacial score (nSPS) is 16.4. The highest BCUT2D eigenvalue weighted by molar-refractivity contribution is 5.92. The monoisotopic (exact) mass is 401 g/mol. The van der Waals surface area contributed by atoms with Crippen LogP contribution in [0.2, 0.25) is 0 Å². The van der Waals surface area contributed by atoms with Gasteiger partial charge in [0.15, 0.2) is 6.39 Å².